The van der Waals surface area contributed by atoms with Crippen molar-refractivity contribution < 1.29 is 4.79 Å². The van der Waals surface area contributed by atoms with Crippen LogP contribution in [0.15, 0.2) is 0 Å². The fourth-order valence-electron chi connectivity index (χ4n) is 3.15. The summed E-state index contributed by atoms with van der Waals surface area (Å²) in [6, 6.07) is 0.0857. The quantitative estimate of drug-likeness (QED) is 0.760. The predicted molar refractivity (Wildman–Crippen MR) is 64.8 cm³/mol. The third-order valence-corrected chi connectivity index (χ3v) is 4.44. The largest absolute Gasteiger partial charge is 0.354 e. The van der Waals surface area contributed by atoms with E-state index in [1.165, 1.54) is 19.3 Å². The van der Waals surface area contributed by atoms with Gasteiger partial charge >= 0.3 is 0 Å². The van der Waals surface area contributed by atoms with Gasteiger partial charge in [-0.1, -0.05) is 20.3 Å². The third kappa shape index (κ3) is 2.40. The van der Waals surface area contributed by atoms with Crippen molar-refractivity contribution in [2.45, 2.75) is 45.6 Å². The molecule has 0 saturated heterocycles. The molecule has 1 amide bonds. The van der Waals surface area contributed by atoms with Crippen molar-refractivity contribution in [1.29, 1.82) is 0 Å². The molecule has 0 heterocycles. The van der Waals surface area contributed by atoms with E-state index in [-0.39, 0.29) is 17.9 Å². The normalized spacial score (nSPS) is 34.4. The van der Waals surface area contributed by atoms with Gasteiger partial charge in [0.25, 0.3) is 0 Å². The number of fused-ring (bicyclic) bond motifs is 2. The second-order valence-corrected chi connectivity index (χ2v) is 5.93. The molecule has 0 aliphatic heterocycles. The highest BCUT2D eigenvalue weighted by Gasteiger charge is 2.42. The smallest absolute Gasteiger partial charge is 0.223 e. The Morgan fingerprint density at radius 2 is 2.12 bits per heavy atom. The lowest BCUT2D eigenvalue weighted by Gasteiger charge is -2.23. The average molecular weight is 224 g/mol. The molecule has 4 unspecified atom stereocenters. The molecule has 3 N–H and O–H groups in total. The van der Waals surface area contributed by atoms with Crippen LogP contribution in [0.4, 0.5) is 0 Å². The summed E-state index contributed by atoms with van der Waals surface area (Å²) in [6.45, 7) is 4.81. The summed E-state index contributed by atoms with van der Waals surface area (Å²) in [6.07, 6.45) is 5.01. The van der Waals surface area contributed by atoms with Gasteiger partial charge < -0.3 is 11.1 Å². The molecule has 16 heavy (non-hydrogen) atoms. The number of carbonyl (C=O) groups is 1. The van der Waals surface area contributed by atoms with Crippen LogP contribution in [0.3, 0.4) is 0 Å². The van der Waals surface area contributed by atoms with E-state index in [9.17, 15) is 4.79 Å². The van der Waals surface area contributed by atoms with Crippen molar-refractivity contribution in [1.82, 2.24) is 5.32 Å². The van der Waals surface area contributed by atoms with Crippen LogP contribution in [-0.4, -0.2) is 18.5 Å². The minimum absolute atomic E-state index is 0.0857. The molecule has 2 rings (SSSR count). The number of nitrogens with one attached hydrogen (secondary N) is 1. The van der Waals surface area contributed by atoms with Gasteiger partial charge in [-0.25, -0.2) is 0 Å². The van der Waals surface area contributed by atoms with E-state index in [0.717, 1.165) is 12.3 Å². The van der Waals surface area contributed by atoms with Crippen molar-refractivity contribution >= 4 is 5.91 Å². The maximum atomic E-state index is 12.0. The van der Waals surface area contributed by atoms with E-state index < -0.39 is 0 Å². The molecule has 2 fully saturated rings. The summed E-state index contributed by atoms with van der Waals surface area (Å²) in [7, 11) is 0. The van der Waals surface area contributed by atoms with Crippen LogP contribution >= 0.6 is 0 Å². The third-order valence-electron chi connectivity index (χ3n) is 4.44. The molecule has 3 nitrogen and oxygen atoms in total. The molecular formula is C13H24N2O. The van der Waals surface area contributed by atoms with E-state index in [4.69, 9.17) is 5.73 Å². The SMILES string of the molecule is CC(C)C(N)CNC(=O)C1CC2CCC1C2. The molecule has 3 heteroatoms. The highest BCUT2D eigenvalue weighted by Crippen LogP contribution is 2.48. The van der Waals surface area contributed by atoms with Crippen molar-refractivity contribution in [3.05, 3.63) is 0 Å². The van der Waals surface area contributed by atoms with E-state index in [1.807, 2.05) is 0 Å². The maximum Gasteiger partial charge on any atom is 0.223 e. The first-order chi connectivity index (χ1) is 7.58. The van der Waals surface area contributed by atoms with Crippen LogP contribution in [0, 0.1) is 23.7 Å². The van der Waals surface area contributed by atoms with Gasteiger partial charge in [-0.05, 0) is 37.0 Å². The molecule has 0 spiro atoms. The van der Waals surface area contributed by atoms with Crippen molar-refractivity contribution in [2.24, 2.45) is 29.4 Å². The Labute approximate surface area is 98.2 Å². The first kappa shape index (κ1) is 11.9. The molecule has 2 saturated carbocycles. The molecule has 2 aliphatic carbocycles. The Balaban J connectivity index is 1.76. The summed E-state index contributed by atoms with van der Waals surface area (Å²) >= 11 is 0. The lowest BCUT2D eigenvalue weighted by Crippen LogP contribution is -2.43. The summed E-state index contributed by atoms with van der Waals surface area (Å²) in [5, 5.41) is 3.03. The standard InChI is InChI=1S/C13H24N2O/c1-8(2)12(14)7-15-13(16)11-6-9-3-4-10(11)5-9/h8-12H,3-7,14H2,1-2H3,(H,15,16). The molecule has 0 radical (unpaired) electrons. The fourth-order valence-corrected chi connectivity index (χ4v) is 3.15. The van der Waals surface area contributed by atoms with Gasteiger partial charge in [-0.3, -0.25) is 4.79 Å². The van der Waals surface area contributed by atoms with Crippen LogP contribution < -0.4 is 11.1 Å². The van der Waals surface area contributed by atoms with Crippen LogP contribution in [0.5, 0.6) is 0 Å². The first-order valence-corrected chi connectivity index (χ1v) is 6.61. The van der Waals surface area contributed by atoms with Gasteiger partial charge in [-0.2, -0.15) is 0 Å². The molecule has 2 aliphatic rings. The van der Waals surface area contributed by atoms with Gasteiger partial charge in [0.2, 0.25) is 5.91 Å². The second kappa shape index (κ2) is 4.74. The van der Waals surface area contributed by atoms with Crippen LogP contribution in [0.25, 0.3) is 0 Å². The number of hydrogen-bond donors (Lipinski definition) is 2. The summed E-state index contributed by atoms with van der Waals surface area (Å²) in [5.41, 5.74) is 5.92. The second-order valence-electron chi connectivity index (χ2n) is 5.93. The van der Waals surface area contributed by atoms with Gasteiger partial charge in [-0.15, -0.1) is 0 Å². The van der Waals surface area contributed by atoms with E-state index in [0.29, 0.717) is 18.4 Å². The van der Waals surface area contributed by atoms with E-state index in [1.54, 1.807) is 0 Å². The summed E-state index contributed by atoms with van der Waals surface area (Å²) < 4.78 is 0. The molecule has 2 bridgehead atoms. The Kier molecular flexibility index (Phi) is 3.53. The molecule has 0 aromatic carbocycles. The number of nitrogens with two attached hydrogens (primary N) is 1. The molecule has 92 valence electrons. The van der Waals surface area contributed by atoms with Gasteiger partial charge in [0, 0.05) is 18.5 Å². The zero-order chi connectivity index (χ0) is 11.7. The summed E-state index contributed by atoms with van der Waals surface area (Å²) in [5.74, 6) is 2.47. The Morgan fingerprint density at radius 1 is 1.38 bits per heavy atom. The highest BCUT2D eigenvalue weighted by atomic mass is 16.1. The molecular weight excluding hydrogens is 200 g/mol. The zero-order valence-electron chi connectivity index (χ0n) is 10.4. The van der Waals surface area contributed by atoms with E-state index >= 15 is 0 Å². The van der Waals surface area contributed by atoms with Gasteiger partial charge in [0.15, 0.2) is 0 Å². The lowest BCUT2D eigenvalue weighted by molar-refractivity contribution is -0.126. The first-order valence-electron chi connectivity index (χ1n) is 6.61. The Morgan fingerprint density at radius 3 is 2.62 bits per heavy atom. The molecule has 4 atom stereocenters. The number of carbonyl (C=O) groups excluding carboxylic acids is 1. The van der Waals surface area contributed by atoms with Crippen LogP contribution in [0.2, 0.25) is 0 Å². The molecule has 0 aromatic heterocycles. The minimum Gasteiger partial charge on any atom is -0.354 e. The highest BCUT2D eigenvalue weighted by molar-refractivity contribution is 5.79. The number of amides is 1. The van der Waals surface area contributed by atoms with Gasteiger partial charge in [0.1, 0.15) is 0 Å². The average Bonchev–Trinajstić information content (AvgIpc) is 2.86. The fraction of sp³-hybridized carbons (Fsp3) is 0.923. The minimum atomic E-state index is 0.0857. The van der Waals surface area contributed by atoms with Gasteiger partial charge in [0.05, 0.1) is 0 Å². The Bertz CT molecular complexity index is 265. The maximum absolute atomic E-state index is 12.0. The monoisotopic (exact) mass is 224 g/mol. The van der Waals surface area contributed by atoms with Crippen molar-refractivity contribution in [2.75, 3.05) is 6.54 Å². The zero-order valence-corrected chi connectivity index (χ0v) is 10.4. The van der Waals surface area contributed by atoms with Crippen molar-refractivity contribution in [3.63, 3.8) is 0 Å². The van der Waals surface area contributed by atoms with Crippen molar-refractivity contribution in [3.8, 4) is 0 Å². The van der Waals surface area contributed by atoms with E-state index in [2.05, 4.69) is 19.2 Å². The van der Waals surface area contributed by atoms with Crippen LogP contribution in [-0.2, 0) is 4.79 Å². The molecule has 0 aromatic rings. The van der Waals surface area contributed by atoms with Crippen LogP contribution in [0.1, 0.15) is 39.5 Å². The Hall–Kier alpha value is -0.570. The summed E-state index contributed by atoms with van der Waals surface area (Å²) in [4.78, 5) is 12.0. The lowest BCUT2D eigenvalue weighted by atomic mass is 9.88. The number of rotatable bonds is 4. The predicted octanol–water partition coefficient (Wildman–Crippen LogP) is 1.52. The number of hydrogen-bond acceptors (Lipinski definition) is 2. The topological polar surface area (TPSA) is 55.1 Å².